The highest BCUT2D eigenvalue weighted by molar-refractivity contribution is 7.87. The van der Waals surface area contributed by atoms with E-state index in [1.165, 1.54) is 12.1 Å². The van der Waals surface area contributed by atoms with Crippen molar-refractivity contribution >= 4 is 16.1 Å². The van der Waals surface area contributed by atoms with Gasteiger partial charge in [-0.3, -0.25) is 0 Å². The average molecular weight is 406 g/mol. The molecule has 0 radical (unpaired) electrons. The van der Waals surface area contributed by atoms with Crippen molar-refractivity contribution in [3.63, 3.8) is 0 Å². The molecule has 0 spiro atoms. The van der Waals surface area contributed by atoms with Crippen molar-refractivity contribution in [3.05, 3.63) is 52.7 Å². The molecule has 6 nitrogen and oxygen atoms in total. The second kappa shape index (κ2) is 8.31. The van der Waals surface area contributed by atoms with E-state index in [9.17, 15) is 13.2 Å². The van der Waals surface area contributed by atoms with E-state index in [-0.39, 0.29) is 34.1 Å². The minimum absolute atomic E-state index is 0.0214. The van der Waals surface area contributed by atoms with E-state index in [2.05, 4.69) is 18.8 Å². The molecular weight excluding hydrogens is 378 g/mol. The fourth-order valence-electron chi connectivity index (χ4n) is 2.89. The molecule has 1 heterocycles. The second-order valence-electron chi connectivity index (χ2n) is 7.72. The van der Waals surface area contributed by atoms with Gasteiger partial charge in [0.25, 0.3) is 0 Å². The van der Waals surface area contributed by atoms with Crippen LogP contribution >= 0.6 is 0 Å². The zero-order chi connectivity index (χ0) is 21.2. The topological polar surface area (TPSA) is 93.6 Å². The van der Waals surface area contributed by atoms with Crippen LogP contribution in [-0.2, 0) is 10.1 Å². The van der Waals surface area contributed by atoms with Gasteiger partial charge in [-0.15, -0.1) is 0 Å². The lowest BCUT2D eigenvalue weighted by atomic mass is 9.89. The molecule has 0 atom stereocenters. The number of aromatic nitrogens is 1. The van der Waals surface area contributed by atoms with E-state index in [0.717, 1.165) is 11.8 Å². The Labute approximate surface area is 166 Å². The summed E-state index contributed by atoms with van der Waals surface area (Å²) in [6.45, 7) is 11.9. The van der Waals surface area contributed by atoms with Crippen LogP contribution in [0.4, 0.5) is 0 Å². The number of carboxylic acid groups (broad SMARTS) is 1. The van der Waals surface area contributed by atoms with Crippen molar-refractivity contribution in [2.75, 3.05) is 0 Å². The number of carboxylic acids is 1. The predicted molar refractivity (Wildman–Crippen MR) is 108 cm³/mol. The monoisotopic (exact) mass is 405 g/mol. The van der Waals surface area contributed by atoms with Crippen LogP contribution in [0.25, 0.3) is 0 Å². The van der Waals surface area contributed by atoms with E-state index in [1.54, 1.807) is 0 Å². The van der Waals surface area contributed by atoms with Gasteiger partial charge in [-0.1, -0.05) is 53.7 Å². The van der Waals surface area contributed by atoms with Crippen LogP contribution in [0.5, 0.6) is 5.88 Å². The fraction of sp³-hybridized carbons (Fsp3) is 0.429. The summed E-state index contributed by atoms with van der Waals surface area (Å²) in [6, 6.07) is 6.36. The Morgan fingerprint density at radius 3 is 1.86 bits per heavy atom. The lowest BCUT2D eigenvalue weighted by Gasteiger charge is -2.22. The quantitative estimate of drug-likeness (QED) is 0.657. The smallest absolute Gasteiger partial charge is 0.341 e. The summed E-state index contributed by atoms with van der Waals surface area (Å²) < 4.78 is 31.6. The van der Waals surface area contributed by atoms with Crippen LogP contribution in [0.1, 0.15) is 86.3 Å². The normalized spacial score (nSPS) is 12.0. The molecule has 0 aliphatic carbocycles. The lowest BCUT2D eigenvalue weighted by Crippen LogP contribution is -2.17. The van der Waals surface area contributed by atoms with Gasteiger partial charge in [0, 0.05) is 12.3 Å². The summed E-state index contributed by atoms with van der Waals surface area (Å²) in [5, 5.41) is 8.95. The molecule has 1 N–H and O–H groups in total. The third kappa shape index (κ3) is 4.70. The molecule has 0 fully saturated rings. The Morgan fingerprint density at radius 1 is 0.964 bits per heavy atom. The molecular formula is C21H27NO5S. The third-order valence-electron chi connectivity index (χ3n) is 4.51. The number of aromatic carboxylic acids is 1. The molecule has 0 aliphatic rings. The van der Waals surface area contributed by atoms with Crippen LogP contribution in [-0.4, -0.2) is 24.5 Å². The summed E-state index contributed by atoms with van der Waals surface area (Å²) in [5.41, 5.74) is 2.45. The molecule has 0 unspecified atom stereocenters. The Bertz CT molecular complexity index is 932. The van der Waals surface area contributed by atoms with Crippen molar-refractivity contribution in [2.24, 2.45) is 0 Å². The molecule has 0 bridgehead atoms. The third-order valence-corrected chi connectivity index (χ3v) is 5.87. The van der Waals surface area contributed by atoms with Crippen molar-refractivity contribution < 1.29 is 22.5 Å². The zero-order valence-corrected chi connectivity index (χ0v) is 17.9. The molecule has 0 amide bonds. The molecule has 0 saturated heterocycles. The molecule has 0 saturated carbocycles. The standard InChI is InChI=1S/C21H27NO5S/c1-12(2)16-9-17(13(3)4)20(18(10-16)14(5)6)28(25,26)27-19-8-7-15(11-22-19)21(23)24/h7-14H,1-6H3,(H,23,24). The first-order valence-electron chi connectivity index (χ1n) is 9.25. The highest BCUT2D eigenvalue weighted by Crippen LogP contribution is 2.36. The van der Waals surface area contributed by atoms with Gasteiger partial charge in [-0.2, -0.15) is 8.42 Å². The first kappa shape index (κ1) is 21.9. The van der Waals surface area contributed by atoms with Gasteiger partial charge in [0.2, 0.25) is 5.88 Å². The Balaban J connectivity index is 2.61. The first-order valence-corrected chi connectivity index (χ1v) is 10.7. The van der Waals surface area contributed by atoms with Crippen molar-refractivity contribution in [1.82, 2.24) is 4.98 Å². The van der Waals surface area contributed by atoms with E-state index in [4.69, 9.17) is 9.29 Å². The molecule has 152 valence electrons. The van der Waals surface area contributed by atoms with Gasteiger partial charge in [-0.25, -0.2) is 9.78 Å². The summed E-state index contributed by atoms with van der Waals surface area (Å²) in [7, 11) is -4.15. The average Bonchev–Trinajstić information content (AvgIpc) is 2.60. The van der Waals surface area contributed by atoms with Gasteiger partial charge >= 0.3 is 16.1 Å². The van der Waals surface area contributed by atoms with Gasteiger partial charge < -0.3 is 9.29 Å². The number of pyridine rings is 1. The summed E-state index contributed by atoms with van der Waals surface area (Å²) in [4.78, 5) is 14.9. The molecule has 0 aliphatic heterocycles. The van der Waals surface area contributed by atoms with Crippen molar-refractivity contribution in [1.29, 1.82) is 0 Å². The predicted octanol–water partition coefficient (Wildman–Crippen LogP) is 4.92. The summed E-state index contributed by atoms with van der Waals surface area (Å²) >= 11 is 0. The number of hydrogen-bond acceptors (Lipinski definition) is 5. The molecule has 7 heteroatoms. The van der Waals surface area contributed by atoms with Gasteiger partial charge in [0.15, 0.2) is 0 Å². The van der Waals surface area contributed by atoms with E-state index in [0.29, 0.717) is 11.1 Å². The molecule has 2 aromatic rings. The maximum absolute atomic E-state index is 13.2. The van der Waals surface area contributed by atoms with Gasteiger partial charge in [0.1, 0.15) is 4.90 Å². The maximum Gasteiger partial charge on any atom is 0.341 e. The number of hydrogen-bond donors (Lipinski definition) is 1. The molecule has 1 aromatic carbocycles. The van der Waals surface area contributed by atoms with Crippen LogP contribution in [0.2, 0.25) is 0 Å². The number of rotatable bonds is 7. The van der Waals surface area contributed by atoms with Crippen LogP contribution in [0, 0.1) is 0 Å². The van der Waals surface area contributed by atoms with Gasteiger partial charge in [0.05, 0.1) is 5.56 Å². The largest absolute Gasteiger partial charge is 0.478 e. The van der Waals surface area contributed by atoms with Crippen LogP contribution < -0.4 is 4.18 Å². The Hall–Kier alpha value is -2.41. The van der Waals surface area contributed by atoms with Crippen LogP contribution in [0.15, 0.2) is 35.4 Å². The van der Waals surface area contributed by atoms with Crippen molar-refractivity contribution in [2.45, 2.75) is 64.2 Å². The second-order valence-corrected chi connectivity index (χ2v) is 9.20. The SMILES string of the molecule is CC(C)c1cc(C(C)C)c(S(=O)(=O)Oc2ccc(C(=O)O)cn2)c(C(C)C)c1. The first-order chi connectivity index (χ1) is 12.9. The number of nitrogens with zero attached hydrogens (tertiary/aromatic N) is 1. The number of carbonyl (C=O) groups is 1. The zero-order valence-electron chi connectivity index (χ0n) is 17.1. The highest BCUT2D eigenvalue weighted by Gasteiger charge is 2.29. The fourth-order valence-corrected chi connectivity index (χ4v) is 4.46. The molecule has 2 rings (SSSR count). The minimum Gasteiger partial charge on any atom is -0.478 e. The number of benzene rings is 1. The highest BCUT2D eigenvalue weighted by atomic mass is 32.2. The van der Waals surface area contributed by atoms with E-state index < -0.39 is 16.1 Å². The van der Waals surface area contributed by atoms with E-state index >= 15 is 0 Å². The Kier molecular flexibility index (Phi) is 6.49. The minimum atomic E-state index is -4.15. The van der Waals surface area contributed by atoms with E-state index in [1.807, 2.05) is 39.8 Å². The maximum atomic E-state index is 13.2. The molecule has 28 heavy (non-hydrogen) atoms. The summed E-state index contributed by atoms with van der Waals surface area (Å²) in [6.07, 6.45) is 1.07. The van der Waals surface area contributed by atoms with Crippen LogP contribution in [0.3, 0.4) is 0 Å². The van der Waals surface area contributed by atoms with Crippen molar-refractivity contribution in [3.8, 4) is 5.88 Å². The van der Waals surface area contributed by atoms with Gasteiger partial charge in [-0.05, 0) is 40.5 Å². The lowest BCUT2D eigenvalue weighted by molar-refractivity contribution is 0.0696. The Morgan fingerprint density at radius 2 is 1.50 bits per heavy atom. The molecule has 1 aromatic heterocycles. The summed E-state index contributed by atoms with van der Waals surface area (Å²) in [5.74, 6) is -1.09.